The van der Waals surface area contributed by atoms with Crippen LogP contribution in [-0.4, -0.2) is 10.00 Å². The van der Waals surface area contributed by atoms with Crippen LogP contribution in [0.5, 0.6) is 0 Å². The molecule has 0 N–H and O–H groups in total. The van der Waals surface area contributed by atoms with Gasteiger partial charge in [0.15, 0.2) is 0 Å². The van der Waals surface area contributed by atoms with Gasteiger partial charge in [-0.15, -0.1) is 23.1 Å². The van der Waals surface area contributed by atoms with E-state index in [9.17, 15) is 0 Å². The third-order valence-electron chi connectivity index (χ3n) is 14.5. The maximum absolute atomic E-state index is 2.65. The van der Waals surface area contributed by atoms with E-state index in [1.807, 2.05) is 11.3 Å². The molecule has 0 radical (unpaired) electrons. The largest absolute Gasteiger partial charge is 0.331 e. The molecule has 61 heavy (non-hydrogen) atoms. The van der Waals surface area contributed by atoms with Gasteiger partial charge in [-0.25, -0.2) is 0 Å². The van der Waals surface area contributed by atoms with Crippen molar-refractivity contribution in [3.05, 3.63) is 199 Å². The van der Waals surface area contributed by atoms with Crippen molar-refractivity contribution in [2.24, 2.45) is 17.8 Å². The summed E-state index contributed by atoms with van der Waals surface area (Å²) in [5.74, 6) is 1.66. The second-order valence-corrected chi connectivity index (χ2v) is 21.1. The molecule has 6 aromatic carbocycles. The lowest BCUT2D eigenvalue weighted by molar-refractivity contribution is 0.399. The highest BCUT2D eigenvalue weighted by molar-refractivity contribution is 8.01. The second-order valence-electron chi connectivity index (χ2n) is 18.3. The lowest BCUT2D eigenvalue weighted by Gasteiger charge is -2.48. The van der Waals surface area contributed by atoms with Crippen LogP contribution in [0, 0.1) is 17.8 Å². The number of allylic oxidation sites excluding steroid dienone is 8. The molecule has 0 bridgehead atoms. The van der Waals surface area contributed by atoms with E-state index in [0.29, 0.717) is 23.0 Å². The summed E-state index contributed by atoms with van der Waals surface area (Å²) in [5.41, 5.74) is 11.4. The highest BCUT2D eigenvalue weighted by Gasteiger charge is 2.51. The van der Waals surface area contributed by atoms with Crippen LogP contribution < -0.4 is 9.80 Å². The van der Waals surface area contributed by atoms with Gasteiger partial charge in [-0.3, -0.25) is 0 Å². The molecule has 1 fully saturated rings. The Bertz CT molecular complexity index is 3060. The van der Waals surface area contributed by atoms with E-state index in [1.165, 1.54) is 88.1 Å². The standard InChI is InChI=1S/C57H50N2S2/c1-37-26-28-46-51-34-40(30-31-57(51,3)61-55(46)32-37)58(38-16-6-4-7-17-38)52-35-47-43-21-12-14-24-50(43)56(2,36-49(47)42-20-10-11-22-44(42)52)59(39-18-8-5-9-19-39)41-27-29-54-48(33-41)45-23-13-15-25-53(45)60-54/h4-6,8-16,18-31,33-35,37,46,51,55H,7,17,32,36H2,1-3H3/t37-,46?,51?,55?,56?,57?/m1/s1. The minimum atomic E-state index is -0.397. The molecule has 1 aromatic heterocycles. The molecule has 5 unspecified atom stereocenters. The molecule has 4 heteroatoms. The Labute approximate surface area is 368 Å². The predicted molar refractivity (Wildman–Crippen MR) is 264 cm³/mol. The first kappa shape index (κ1) is 37.2. The average Bonchev–Trinajstić information content (AvgIpc) is 3.81. The van der Waals surface area contributed by atoms with E-state index < -0.39 is 5.54 Å². The van der Waals surface area contributed by atoms with Gasteiger partial charge in [0.1, 0.15) is 0 Å². The smallest absolute Gasteiger partial charge is 0.0721 e. The Hall–Kier alpha value is -5.55. The van der Waals surface area contributed by atoms with Gasteiger partial charge < -0.3 is 9.80 Å². The van der Waals surface area contributed by atoms with Crippen molar-refractivity contribution in [1.29, 1.82) is 0 Å². The first-order valence-electron chi connectivity index (χ1n) is 22.2. The summed E-state index contributed by atoms with van der Waals surface area (Å²) < 4.78 is 2.76. The van der Waals surface area contributed by atoms with E-state index in [-0.39, 0.29) is 4.75 Å². The number of thiophene rings is 1. The molecule has 2 nitrogen and oxygen atoms in total. The number of hydrogen-bond donors (Lipinski definition) is 0. The molecule has 300 valence electrons. The molecule has 7 aromatic rings. The van der Waals surface area contributed by atoms with Crippen LogP contribution >= 0.6 is 23.1 Å². The molecule has 6 atom stereocenters. The zero-order valence-electron chi connectivity index (χ0n) is 35.1. The summed E-state index contributed by atoms with van der Waals surface area (Å²) in [5, 5.41) is 5.96. The van der Waals surface area contributed by atoms with Gasteiger partial charge in [0.25, 0.3) is 0 Å². The number of hydrogen-bond acceptors (Lipinski definition) is 4. The fraction of sp³-hybridized carbons (Fsp3) is 0.228. The van der Waals surface area contributed by atoms with Crippen LogP contribution in [0.2, 0.25) is 0 Å². The fourth-order valence-corrected chi connectivity index (χ4v) is 14.7. The zero-order valence-corrected chi connectivity index (χ0v) is 36.7. The summed E-state index contributed by atoms with van der Waals surface area (Å²) >= 11 is 4.10. The van der Waals surface area contributed by atoms with E-state index in [1.54, 1.807) is 0 Å². The van der Waals surface area contributed by atoms with Crippen LogP contribution in [0.25, 0.3) is 42.1 Å². The van der Waals surface area contributed by atoms with Gasteiger partial charge in [0.2, 0.25) is 0 Å². The minimum absolute atomic E-state index is 0.104. The molecular formula is C57H50N2S2. The first-order chi connectivity index (χ1) is 29.9. The SMILES string of the molecule is C[C@@H]1C=CC2C(C1)SC1(C)C=CC(N(C3=CC=CCC3)c3cc4c(c5ccccc35)CC(C)(N(c3ccccc3)c3ccc5sc6ccccc6c5c3)c3ccccc3-4)=CC21. The monoisotopic (exact) mass is 826 g/mol. The number of benzene rings is 6. The Balaban J connectivity index is 1.05. The molecule has 1 saturated heterocycles. The topological polar surface area (TPSA) is 6.48 Å². The number of thioether (sulfide) groups is 1. The number of rotatable bonds is 6. The maximum Gasteiger partial charge on any atom is 0.0721 e. The number of para-hydroxylation sites is 1. The molecule has 0 saturated carbocycles. The number of anilines is 3. The molecule has 0 amide bonds. The lowest BCUT2D eigenvalue weighted by Crippen LogP contribution is -2.45. The first-order valence-corrected chi connectivity index (χ1v) is 23.9. The highest BCUT2D eigenvalue weighted by atomic mass is 32.2. The van der Waals surface area contributed by atoms with E-state index in [2.05, 4.69) is 218 Å². The van der Waals surface area contributed by atoms with Crippen molar-refractivity contribution in [2.75, 3.05) is 9.80 Å². The van der Waals surface area contributed by atoms with Crippen LogP contribution in [0.3, 0.4) is 0 Å². The maximum atomic E-state index is 2.65. The molecule has 5 aliphatic rings. The average molecular weight is 827 g/mol. The summed E-state index contributed by atoms with van der Waals surface area (Å²) in [6.45, 7) is 7.34. The Morgan fingerprint density at radius 3 is 2.33 bits per heavy atom. The molecule has 2 heterocycles. The van der Waals surface area contributed by atoms with Gasteiger partial charge in [0.05, 0.1) is 11.2 Å². The van der Waals surface area contributed by atoms with Crippen molar-refractivity contribution in [3.8, 4) is 11.1 Å². The fourth-order valence-electron chi connectivity index (χ4n) is 11.6. The van der Waals surface area contributed by atoms with Crippen molar-refractivity contribution in [1.82, 2.24) is 0 Å². The van der Waals surface area contributed by atoms with Gasteiger partial charge in [-0.1, -0.05) is 128 Å². The van der Waals surface area contributed by atoms with Gasteiger partial charge in [0, 0.05) is 70.7 Å². The third-order valence-corrected chi connectivity index (χ3v) is 17.3. The predicted octanol–water partition coefficient (Wildman–Crippen LogP) is 15.7. The van der Waals surface area contributed by atoms with Crippen molar-refractivity contribution in [2.45, 2.75) is 62.0 Å². The van der Waals surface area contributed by atoms with Crippen LogP contribution in [0.1, 0.15) is 51.2 Å². The van der Waals surface area contributed by atoms with Crippen LogP contribution in [0.15, 0.2) is 187 Å². The number of nitrogens with zero attached hydrogens (tertiary/aromatic N) is 2. The third kappa shape index (κ3) is 5.89. The van der Waals surface area contributed by atoms with Crippen LogP contribution in [-0.2, 0) is 12.0 Å². The molecule has 0 spiro atoms. The molecular weight excluding hydrogens is 777 g/mol. The van der Waals surface area contributed by atoms with Gasteiger partial charge in [-0.2, -0.15) is 0 Å². The quantitative estimate of drug-likeness (QED) is 0.154. The van der Waals surface area contributed by atoms with E-state index in [4.69, 9.17) is 0 Å². The molecule has 1 aliphatic heterocycles. The van der Waals surface area contributed by atoms with Crippen molar-refractivity contribution in [3.63, 3.8) is 0 Å². The van der Waals surface area contributed by atoms with E-state index >= 15 is 0 Å². The van der Waals surface area contributed by atoms with E-state index in [0.717, 1.165) is 19.3 Å². The summed E-state index contributed by atoms with van der Waals surface area (Å²) in [6, 6.07) is 48.2. The minimum Gasteiger partial charge on any atom is -0.331 e. The lowest BCUT2D eigenvalue weighted by atomic mass is 9.71. The highest BCUT2D eigenvalue weighted by Crippen LogP contribution is 2.59. The molecule has 12 rings (SSSR count). The Morgan fingerprint density at radius 2 is 1.48 bits per heavy atom. The summed E-state index contributed by atoms with van der Waals surface area (Å²) in [4.78, 5) is 5.28. The van der Waals surface area contributed by atoms with Crippen LogP contribution in [0.4, 0.5) is 17.1 Å². The normalized spacial score (nSPS) is 26.1. The summed E-state index contributed by atoms with van der Waals surface area (Å²) in [7, 11) is 0. The zero-order chi connectivity index (χ0) is 40.9. The van der Waals surface area contributed by atoms with Gasteiger partial charge >= 0.3 is 0 Å². The van der Waals surface area contributed by atoms with Crippen molar-refractivity contribution < 1.29 is 0 Å². The summed E-state index contributed by atoms with van der Waals surface area (Å²) in [6.07, 6.45) is 23.8. The molecule has 4 aliphatic carbocycles. The van der Waals surface area contributed by atoms with Gasteiger partial charge in [-0.05, 0) is 127 Å². The van der Waals surface area contributed by atoms with Crippen molar-refractivity contribution >= 4 is 71.1 Å². The second kappa shape index (κ2) is 14.3. The Kier molecular flexibility index (Phi) is 8.70. The number of fused-ring (bicyclic) bond motifs is 11. The Morgan fingerprint density at radius 1 is 0.705 bits per heavy atom.